The topological polar surface area (TPSA) is 55.7 Å². The Morgan fingerprint density at radius 2 is 1.76 bits per heavy atom. The van der Waals surface area contributed by atoms with Crippen molar-refractivity contribution in [3.8, 4) is 0 Å². The van der Waals surface area contributed by atoms with E-state index < -0.39 is 28.5 Å². The molecular weight excluding hydrogens is 307 g/mol. The van der Waals surface area contributed by atoms with Crippen LogP contribution in [0.3, 0.4) is 0 Å². The van der Waals surface area contributed by atoms with Gasteiger partial charge in [0.2, 0.25) is 5.94 Å². The monoisotopic (exact) mass is 317 g/mol. The molecule has 0 radical (unpaired) electrons. The fourth-order valence-electron chi connectivity index (χ4n) is 1.75. The number of hydrogen-bond acceptors (Lipinski definition) is 4. The standard InChI is InChI=1S/C13H10F3NO3S/c14-13(15,16)12(17-20-8-21(18)19)11-6-5-9-3-1-2-4-10(9)7-11/h1-7,21H,8H2. The highest BCUT2D eigenvalue weighted by Gasteiger charge is 2.38. The summed E-state index contributed by atoms with van der Waals surface area (Å²) in [6.07, 6.45) is -4.75. The molecule has 112 valence electrons. The van der Waals surface area contributed by atoms with E-state index in [0.717, 1.165) is 5.39 Å². The molecule has 21 heavy (non-hydrogen) atoms. The molecule has 0 spiro atoms. The van der Waals surface area contributed by atoms with Crippen molar-refractivity contribution in [2.45, 2.75) is 6.18 Å². The highest BCUT2D eigenvalue weighted by molar-refractivity contribution is 7.72. The predicted octanol–water partition coefficient (Wildman–Crippen LogP) is 2.69. The average Bonchev–Trinajstić information content (AvgIpc) is 2.41. The van der Waals surface area contributed by atoms with E-state index in [0.29, 0.717) is 5.39 Å². The van der Waals surface area contributed by atoms with Crippen LogP contribution in [0.4, 0.5) is 13.2 Å². The lowest BCUT2D eigenvalue weighted by molar-refractivity contribution is -0.0609. The molecule has 0 aliphatic heterocycles. The van der Waals surface area contributed by atoms with Gasteiger partial charge >= 0.3 is 6.18 Å². The maximum absolute atomic E-state index is 13.0. The molecule has 0 saturated heterocycles. The van der Waals surface area contributed by atoms with E-state index in [-0.39, 0.29) is 5.56 Å². The molecule has 2 rings (SSSR count). The van der Waals surface area contributed by atoms with Crippen LogP contribution in [-0.2, 0) is 15.5 Å². The minimum atomic E-state index is -4.75. The summed E-state index contributed by atoms with van der Waals surface area (Å²) < 4.78 is 59.5. The second-order valence-electron chi connectivity index (χ2n) is 4.09. The van der Waals surface area contributed by atoms with Crippen LogP contribution in [0.1, 0.15) is 5.56 Å². The normalized spacial score (nSPS) is 12.9. The maximum atomic E-state index is 13.0. The number of fused-ring (bicyclic) bond motifs is 1. The van der Waals surface area contributed by atoms with Gasteiger partial charge in [-0.1, -0.05) is 41.6 Å². The van der Waals surface area contributed by atoms with Gasteiger partial charge in [-0.05, 0) is 16.8 Å². The van der Waals surface area contributed by atoms with Crippen LogP contribution < -0.4 is 0 Å². The van der Waals surface area contributed by atoms with Crippen LogP contribution in [0.25, 0.3) is 10.8 Å². The van der Waals surface area contributed by atoms with Crippen LogP contribution in [-0.4, -0.2) is 26.2 Å². The first kappa shape index (κ1) is 15.3. The number of alkyl halides is 3. The minimum absolute atomic E-state index is 0.192. The van der Waals surface area contributed by atoms with Gasteiger partial charge in [0, 0.05) is 5.56 Å². The highest BCUT2D eigenvalue weighted by Crippen LogP contribution is 2.25. The van der Waals surface area contributed by atoms with Crippen molar-refractivity contribution in [1.29, 1.82) is 0 Å². The number of hydrogen-bond donors (Lipinski definition) is 1. The van der Waals surface area contributed by atoms with Crippen molar-refractivity contribution in [1.82, 2.24) is 0 Å². The van der Waals surface area contributed by atoms with E-state index >= 15 is 0 Å². The Kier molecular flexibility index (Phi) is 4.46. The number of rotatable bonds is 4. The zero-order valence-corrected chi connectivity index (χ0v) is 11.4. The van der Waals surface area contributed by atoms with Gasteiger partial charge in [-0.25, -0.2) is 8.42 Å². The summed E-state index contributed by atoms with van der Waals surface area (Å²) in [7, 11) is -2.96. The lowest BCUT2D eigenvalue weighted by Crippen LogP contribution is -2.24. The Morgan fingerprint density at radius 1 is 1.10 bits per heavy atom. The summed E-state index contributed by atoms with van der Waals surface area (Å²) in [4.78, 5) is 4.22. The Bertz CT molecular complexity index is 746. The first-order valence-corrected chi connectivity index (χ1v) is 7.12. The van der Waals surface area contributed by atoms with Gasteiger partial charge in [0.25, 0.3) is 0 Å². The Labute approximate surface area is 119 Å². The summed E-state index contributed by atoms with van der Waals surface area (Å²) >= 11 is 0. The maximum Gasteiger partial charge on any atom is 0.437 e. The number of oxime groups is 1. The number of thiol groups is 1. The molecule has 2 aromatic rings. The predicted molar refractivity (Wildman–Crippen MR) is 72.8 cm³/mol. The fourth-order valence-corrected chi connectivity index (χ4v) is 1.90. The van der Waals surface area contributed by atoms with E-state index in [4.69, 9.17) is 0 Å². The van der Waals surface area contributed by atoms with E-state index in [9.17, 15) is 21.6 Å². The first-order chi connectivity index (χ1) is 9.88. The third-order valence-corrected chi connectivity index (χ3v) is 2.94. The lowest BCUT2D eigenvalue weighted by atomic mass is 10.0. The molecular formula is C13H10F3NO3S. The van der Waals surface area contributed by atoms with E-state index in [1.54, 1.807) is 24.3 Å². The van der Waals surface area contributed by atoms with Crippen molar-refractivity contribution in [2.75, 3.05) is 5.94 Å². The van der Waals surface area contributed by atoms with Gasteiger partial charge in [0.15, 0.2) is 16.4 Å². The lowest BCUT2D eigenvalue weighted by Gasteiger charge is -2.10. The first-order valence-electron chi connectivity index (χ1n) is 5.76. The van der Waals surface area contributed by atoms with Crippen LogP contribution in [0.15, 0.2) is 47.6 Å². The third-order valence-electron chi connectivity index (χ3n) is 2.61. The fraction of sp³-hybridized carbons (Fsp3) is 0.154. The van der Waals surface area contributed by atoms with Gasteiger partial charge in [-0.15, -0.1) is 0 Å². The van der Waals surface area contributed by atoms with Crippen LogP contribution in [0.2, 0.25) is 0 Å². The number of benzene rings is 2. The summed E-state index contributed by atoms with van der Waals surface area (Å²) in [5.74, 6) is -0.900. The van der Waals surface area contributed by atoms with Gasteiger partial charge in [0.05, 0.1) is 0 Å². The number of nitrogens with zero attached hydrogens (tertiary/aromatic N) is 1. The van der Waals surface area contributed by atoms with Crippen LogP contribution in [0.5, 0.6) is 0 Å². The van der Waals surface area contributed by atoms with E-state index in [2.05, 4.69) is 9.99 Å². The van der Waals surface area contributed by atoms with E-state index in [1.807, 2.05) is 0 Å². The van der Waals surface area contributed by atoms with Crippen LogP contribution >= 0.6 is 0 Å². The summed E-state index contributed by atoms with van der Waals surface area (Å²) in [5, 5.41) is 4.32. The summed E-state index contributed by atoms with van der Waals surface area (Å²) in [5.41, 5.74) is -1.47. The quantitative estimate of drug-likeness (QED) is 0.536. The minimum Gasteiger partial charge on any atom is -0.379 e. The third kappa shape index (κ3) is 3.94. The molecule has 0 fully saturated rings. The molecule has 0 heterocycles. The largest absolute Gasteiger partial charge is 0.437 e. The zero-order chi connectivity index (χ0) is 15.5. The van der Waals surface area contributed by atoms with Gasteiger partial charge in [-0.2, -0.15) is 13.2 Å². The van der Waals surface area contributed by atoms with Crippen molar-refractivity contribution < 1.29 is 26.4 Å². The second kappa shape index (κ2) is 6.13. The molecule has 0 aliphatic carbocycles. The molecule has 8 heteroatoms. The molecule has 0 aromatic heterocycles. The van der Waals surface area contributed by atoms with Crippen molar-refractivity contribution in [3.63, 3.8) is 0 Å². The van der Waals surface area contributed by atoms with E-state index in [1.165, 1.54) is 18.2 Å². The molecule has 0 unspecified atom stereocenters. The zero-order valence-electron chi connectivity index (χ0n) is 10.5. The second-order valence-corrected chi connectivity index (χ2v) is 5.01. The molecule has 4 nitrogen and oxygen atoms in total. The molecule has 0 amide bonds. The SMILES string of the molecule is O=[SH](=O)CON=C(c1ccc2ccccc2c1)C(F)(F)F. The van der Waals surface area contributed by atoms with Crippen molar-refractivity contribution >= 4 is 27.2 Å². The van der Waals surface area contributed by atoms with Gasteiger partial charge in [0.1, 0.15) is 0 Å². The average molecular weight is 317 g/mol. The molecule has 0 N–H and O–H groups in total. The van der Waals surface area contributed by atoms with Crippen molar-refractivity contribution in [2.24, 2.45) is 5.16 Å². The Hall–Kier alpha value is -2.09. The van der Waals surface area contributed by atoms with Crippen molar-refractivity contribution in [3.05, 3.63) is 48.0 Å². The molecule has 0 aliphatic rings. The highest BCUT2D eigenvalue weighted by atomic mass is 32.2. The molecule has 0 bridgehead atoms. The molecule has 0 atom stereocenters. The van der Waals surface area contributed by atoms with Gasteiger partial charge < -0.3 is 4.84 Å². The smallest absolute Gasteiger partial charge is 0.379 e. The Morgan fingerprint density at radius 3 is 2.38 bits per heavy atom. The van der Waals surface area contributed by atoms with Crippen LogP contribution in [0, 0.1) is 0 Å². The van der Waals surface area contributed by atoms with Gasteiger partial charge in [-0.3, -0.25) is 0 Å². The Balaban J connectivity index is 2.43. The molecule has 2 aromatic carbocycles. The summed E-state index contributed by atoms with van der Waals surface area (Å²) in [6, 6.07) is 11.0. The molecule has 0 saturated carbocycles. The number of halogens is 3. The summed E-state index contributed by atoms with van der Waals surface area (Å²) in [6.45, 7) is 0.